The highest BCUT2D eigenvalue weighted by Gasteiger charge is 2.44. The van der Waals surface area contributed by atoms with Crippen molar-refractivity contribution in [1.82, 2.24) is 14.9 Å². The van der Waals surface area contributed by atoms with E-state index in [0.717, 1.165) is 5.56 Å². The van der Waals surface area contributed by atoms with Crippen molar-refractivity contribution in [1.29, 1.82) is 0 Å². The standard InChI is InChI=1S/C16H19ClN4O5/c17-9-3-1-8(2-4-9)5-19-15(25)11-14(18)21(7-20-11)16-13(24)12(23)10(6-22)26-16/h1-4,7,10,12-13,16,22-24H,5-6,18H2,(H,19,25). The highest BCUT2D eigenvalue weighted by Crippen LogP contribution is 2.31. The maximum Gasteiger partial charge on any atom is 0.273 e. The van der Waals surface area contributed by atoms with Gasteiger partial charge in [-0.25, -0.2) is 4.98 Å². The van der Waals surface area contributed by atoms with Crippen LogP contribution in [0.1, 0.15) is 22.3 Å². The molecule has 2 heterocycles. The first-order valence-corrected chi connectivity index (χ1v) is 8.27. The van der Waals surface area contributed by atoms with Gasteiger partial charge in [0.1, 0.15) is 24.1 Å². The van der Waals surface area contributed by atoms with Crippen molar-refractivity contribution < 1.29 is 24.9 Å². The predicted molar refractivity (Wildman–Crippen MR) is 92.3 cm³/mol. The quantitative estimate of drug-likeness (QED) is 0.476. The lowest BCUT2D eigenvalue weighted by Gasteiger charge is -2.17. The lowest BCUT2D eigenvalue weighted by Crippen LogP contribution is -2.33. The number of nitrogens with two attached hydrogens (primary N) is 1. The summed E-state index contributed by atoms with van der Waals surface area (Å²) in [4.78, 5) is 16.3. The molecule has 0 radical (unpaired) electrons. The van der Waals surface area contributed by atoms with Crippen LogP contribution in [0.4, 0.5) is 5.82 Å². The number of aromatic nitrogens is 2. The Labute approximate surface area is 154 Å². The number of aliphatic hydroxyl groups is 3. The topological polar surface area (TPSA) is 143 Å². The van der Waals surface area contributed by atoms with Gasteiger partial charge >= 0.3 is 0 Å². The van der Waals surface area contributed by atoms with Gasteiger partial charge in [-0.15, -0.1) is 0 Å². The molecule has 2 aromatic rings. The number of ether oxygens (including phenoxy) is 1. The van der Waals surface area contributed by atoms with Gasteiger partial charge in [0.15, 0.2) is 11.9 Å². The number of imidazole rings is 1. The molecule has 1 aliphatic heterocycles. The second-order valence-electron chi connectivity index (χ2n) is 5.92. The fourth-order valence-corrected chi connectivity index (χ4v) is 2.85. The first kappa shape index (κ1) is 18.6. The molecule has 0 aliphatic carbocycles. The molecule has 1 aromatic carbocycles. The van der Waals surface area contributed by atoms with Gasteiger partial charge in [0, 0.05) is 11.6 Å². The van der Waals surface area contributed by atoms with Crippen LogP contribution < -0.4 is 11.1 Å². The highest BCUT2D eigenvalue weighted by atomic mass is 35.5. The van der Waals surface area contributed by atoms with E-state index < -0.39 is 37.1 Å². The summed E-state index contributed by atoms with van der Waals surface area (Å²) in [7, 11) is 0. The number of benzene rings is 1. The third-order valence-electron chi connectivity index (χ3n) is 4.20. The Kier molecular flexibility index (Phi) is 5.44. The highest BCUT2D eigenvalue weighted by molar-refractivity contribution is 6.30. The van der Waals surface area contributed by atoms with Crippen molar-refractivity contribution in [3.05, 3.63) is 46.9 Å². The van der Waals surface area contributed by atoms with Crippen molar-refractivity contribution >= 4 is 23.3 Å². The zero-order valence-electron chi connectivity index (χ0n) is 13.6. The maximum absolute atomic E-state index is 12.3. The van der Waals surface area contributed by atoms with Gasteiger partial charge in [0.2, 0.25) is 0 Å². The molecule has 26 heavy (non-hydrogen) atoms. The van der Waals surface area contributed by atoms with Crippen molar-refractivity contribution in [3.63, 3.8) is 0 Å². The fourth-order valence-electron chi connectivity index (χ4n) is 2.73. The number of halogens is 1. The van der Waals surface area contributed by atoms with Gasteiger partial charge < -0.3 is 31.1 Å². The summed E-state index contributed by atoms with van der Waals surface area (Å²) in [5, 5.41) is 32.3. The summed E-state index contributed by atoms with van der Waals surface area (Å²) >= 11 is 5.82. The summed E-state index contributed by atoms with van der Waals surface area (Å²) < 4.78 is 6.64. The monoisotopic (exact) mass is 382 g/mol. The molecular formula is C16H19ClN4O5. The van der Waals surface area contributed by atoms with Crippen LogP contribution in [0.15, 0.2) is 30.6 Å². The Hall–Kier alpha value is -2.17. The fraction of sp³-hybridized carbons (Fsp3) is 0.375. The van der Waals surface area contributed by atoms with Crippen molar-refractivity contribution in [2.24, 2.45) is 0 Å². The van der Waals surface area contributed by atoms with E-state index in [1.54, 1.807) is 24.3 Å². The number of nitrogen functional groups attached to an aromatic ring is 1. The summed E-state index contributed by atoms with van der Waals surface area (Å²) in [5.74, 6) is -0.517. The number of carbonyl (C=O) groups is 1. The number of carbonyl (C=O) groups excluding carboxylic acids is 1. The molecule has 0 spiro atoms. The molecule has 4 atom stereocenters. The van der Waals surface area contributed by atoms with Gasteiger partial charge in [0.25, 0.3) is 5.91 Å². The Morgan fingerprint density at radius 3 is 2.62 bits per heavy atom. The molecule has 1 amide bonds. The second kappa shape index (κ2) is 7.60. The molecule has 4 unspecified atom stereocenters. The van der Waals surface area contributed by atoms with Crippen LogP contribution in [0, 0.1) is 0 Å². The molecular weight excluding hydrogens is 364 g/mol. The summed E-state index contributed by atoms with van der Waals surface area (Å²) in [6.45, 7) is -0.200. The van der Waals surface area contributed by atoms with Crippen molar-refractivity contribution in [2.45, 2.75) is 31.1 Å². The van der Waals surface area contributed by atoms with E-state index in [4.69, 9.17) is 27.2 Å². The van der Waals surface area contributed by atoms with Gasteiger partial charge in [0.05, 0.1) is 12.9 Å². The van der Waals surface area contributed by atoms with E-state index in [-0.39, 0.29) is 18.1 Å². The lowest BCUT2D eigenvalue weighted by molar-refractivity contribution is -0.0518. The smallest absolute Gasteiger partial charge is 0.273 e. The van der Waals surface area contributed by atoms with Gasteiger partial charge in [-0.1, -0.05) is 23.7 Å². The molecule has 10 heteroatoms. The second-order valence-corrected chi connectivity index (χ2v) is 6.36. The zero-order chi connectivity index (χ0) is 18.8. The van der Waals surface area contributed by atoms with Crippen LogP contribution in [0.25, 0.3) is 0 Å². The molecule has 9 nitrogen and oxygen atoms in total. The number of rotatable bonds is 5. The lowest BCUT2D eigenvalue weighted by atomic mass is 10.1. The van der Waals surface area contributed by atoms with Gasteiger partial charge in [-0.2, -0.15) is 0 Å². The minimum Gasteiger partial charge on any atom is -0.394 e. The summed E-state index contributed by atoms with van der Waals surface area (Å²) in [6.07, 6.45) is -3.33. The van der Waals surface area contributed by atoms with Crippen LogP contribution in [0.2, 0.25) is 5.02 Å². The number of hydrogen-bond donors (Lipinski definition) is 5. The summed E-state index contributed by atoms with van der Waals surface area (Å²) in [6, 6.07) is 7.00. The largest absolute Gasteiger partial charge is 0.394 e. The average Bonchev–Trinajstić information content (AvgIpc) is 3.14. The Morgan fingerprint density at radius 2 is 2.00 bits per heavy atom. The van der Waals surface area contributed by atoms with E-state index in [1.165, 1.54) is 10.9 Å². The number of amides is 1. The third kappa shape index (κ3) is 3.53. The molecule has 1 saturated heterocycles. The van der Waals surface area contributed by atoms with Crippen molar-refractivity contribution in [3.8, 4) is 0 Å². The number of nitrogens with zero attached hydrogens (tertiary/aromatic N) is 2. The van der Waals surface area contributed by atoms with Crippen molar-refractivity contribution in [2.75, 3.05) is 12.3 Å². The van der Waals surface area contributed by atoms with Crippen LogP contribution >= 0.6 is 11.6 Å². The van der Waals surface area contributed by atoms with Gasteiger partial charge in [-0.05, 0) is 17.7 Å². The Bertz CT molecular complexity index is 781. The van der Waals surface area contributed by atoms with E-state index in [2.05, 4.69) is 10.3 Å². The average molecular weight is 383 g/mol. The number of nitrogens with one attached hydrogen (secondary N) is 1. The zero-order valence-corrected chi connectivity index (χ0v) is 14.4. The molecule has 0 saturated carbocycles. The summed E-state index contributed by atoms with van der Waals surface area (Å²) in [5.41, 5.74) is 6.77. The first-order chi connectivity index (χ1) is 12.4. The number of hydrogen-bond acceptors (Lipinski definition) is 7. The molecule has 1 aromatic heterocycles. The molecule has 0 bridgehead atoms. The molecule has 1 fully saturated rings. The molecule has 140 valence electrons. The Morgan fingerprint density at radius 1 is 1.31 bits per heavy atom. The minimum atomic E-state index is -1.31. The number of anilines is 1. The maximum atomic E-state index is 12.3. The SMILES string of the molecule is Nc1c(C(=O)NCc2ccc(Cl)cc2)ncn1C1OC(CO)C(O)C1O. The predicted octanol–water partition coefficient (Wildman–Crippen LogP) is -0.340. The number of aliphatic hydroxyl groups excluding tert-OH is 3. The van der Waals surface area contributed by atoms with Crippen LogP contribution in [0.3, 0.4) is 0 Å². The molecule has 6 N–H and O–H groups in total. The van der Waals surface area contributed by atoms with Gasteiger partial charge in [-0.3, -0.25) is 9.36 Å². The van der Waals surface area contributed by atoms with E-state index >= 15 is 0 Å². The molecule has 1 aliphatic rings. The normalized spacial score (nSPS) is 25.4. The van der Waals surface area contributed by atoms with Crippen LogP contribution in [-0.2, 0) is 11.3 Å². The van der Waals surface area contributed by atoms with E-state index in [0.29, 0.717) is 5.02 Å². The van der Waals surface area contributed by atoms with Crippen LogP contribution in [-0.4, -0.2) is 55.7 Å². The molecule has 3 rings (SSSR count). The minimum absolute atomic E-state index is 0.0200. The third-order valence-corrected chi connectivity index (χ3v) is 4.46. The van der Waals surface area contributed by atoms with Crippen LogP contribution in [0.5, 0.6) is 0 Å². The Balaban J connectivity index is 1.70. The first-order valence-electron chi connectivity index (χ1n) is 7.89. The van der Waals surface area contributed by atoms with E-state index in [9.17, 15) is 15.0 Å². The van der Waals surface area contributed by atoms with E-state index in [1.807, 2.05) is 0 Å².